The number of unbranched alkanes of at least 4 members (excludes halogenated alkanes) is 1. The zero-order chi connectivity index (χ0) is 15.2. The van der Waals surface area contributed by atoms with Gasteiger partial charge in [-0.1, -0.05) is 12.8 Å². The summed E-state index contributed by atoms with van der Waals surface area (Å²) in [4.78, 5) is 6.83. The molecule has 2 N–H and O–H groups in total. The smallest absolute Gasteiger partial charge is 0.191 e. The van der Waals surface area contributed by atoms with Crippen molar-refractivity contribution in [1.82, 2.24) is 15.5 Å². The van der Waals surface area contributed by atoms with Gasteiger partial charge in [-0.15, -0.1) is 24.0 Å². The van der Waals surface area contributed by atoms with Crippen LogP contribution in [0.25, 0.3) is 0 Å². The van der Waals surface area contributed by atoms with Crippen LogP contribution in [0.3, 0.4) is 0 Å². The molecule has 0 aromatic carbocycles. The molecular formula is C16H35IN4O. The minimum atomic E-state index is 0. The second kappa shape index (κ2) is 15.8. The third kappa shape index (κ3) is 11.5. The Kier molecular flexibility index (Phi) is 15.7. The van der Waals surface area contributed by atoms with Gasteiger partial charge in [0.25, 0.3) is 0 Å². The number of aliphatic imine (C=N–C) groups is 1. The summed E-state index contributed by atoms with van der Waals surface area (Å²) < 4.78 is 5.33. The van der Waals surface area contributed by atoms with E-state index in [1.165, 1.54) is 38.8 Å². The molecule has 1 saturated heterocycles. The van der Waals surface area contributed by atoms with Crippen LogP contribution in [0.15, 0.2) is 4.99 Å². The van der Waals surface area contributed by atoms with E-state index in [0.29, 0.717) is 0 Å². The maximum atomic E-state index is 5.33. The monoisotopic (exact) mass is 426 g/mol. The van der Waals surface area contributed by atoms with E-state index in [2.05, 4.69) is 20.5 Å². The Labute approximate surface area is 153 Å². The van der Waals surface area contributed by atoms with Crippen molar-refractivity contribution in [2.45, 2.75) is 45.4 Å². The molecule has 0 bridgehead atoms. The first kappa shape index (κ1) is 21.9. The van der Waals surface area contributed by atoms with Crippen molar-refractivity contribution in [3.63, 3.8) is 0 Å². The molecule has 0 aromatic rings. The highest BCUT2D eigenvalue weighted by Gasteiger charge is 2.08. The van der Waals surface area contributed by atoms with E-state index >= 15 is 0 Å². The summed E-state index contributed by atoms with van der Waals surface area (Å²) in [7, 11) is 1.83. The van der Waals surface area contributed by atoms with Crippen LogP contribution in [0.2, 0.25) is 0 Å². The maximum Gasteiger partial charge on any atom is 0.191 e. The van der Waals surface area contributed by atoms with Crippen LogP contribution >= 0.6 is 24.0 Å². The van der Waals surface area contributed by atoms with Crippen molar-refractivity contribution in [2.75, 3.05) is 53.0 Å². The minimum Gasteiger partial charge on any atom is -0.382 e. The van der Waals surface area contributed by atoms with Crippen molar-refractivity contribution in [2.24, 2.45) is 4.99 Å². The number of nitrogens with one attached hydrogen (secondary N) is 2. The molecule has 1 heterocycles. The molecule has 1 rings (SSSR count). The molecule has 0 unspecified atom stereocenters. The SMILES string of the molecule is CCOCCCCNC(=NC)NCCN1CCCCCC1.I. The Balaban J connectivity index is 0.00000441. The van der Waals surface area contributed by atoms with Crippen molar-refractivity contribution < 1.29 is 4.74 Å². The van der Waals surface area contributed by atoms with Crippen molar-refractivity contribution in [3.05, 3.63) is 0 Å². The topological polar surface area (TPSA) is 48.9 Å². The second-order valence-corrected chi connectivity index (χ2v) is 5.59. The molecule has 1 aliphatic heterocycles. The van der Waals surface area contributed by atoms with Crippen LogP contribution in [-0.2, 0) is 4.74 Å². The van der Waals surface area contributed by atoms with Crippen LogP contribution in [-0.4, -0.2) is 63.8 Å². The van der Waals surface area contributed by atoms with Gasteiger partial charge in [-0.2, -0.15) is 0 Å². The molecule has 1 fully saturated rings. The van der Waals surface area contributed by atoms with Gasteiger partial charge < -0.3 is 20.3 Å². The summed E-state index contributed by atoms with van der Waals surface area (Å²) in [6.07, 6.45) is 7.72. The lowest BCUT2D eigenvalue weighted by molar-refractivity contribution is 0.143. The predicted octanol–water partition coefficient (Wildman–Crippen LogP) is 2.46. The quantitative estimate of drug-likeness (QED) is 0.258. The fraction of sp³-hybridized carbons (Fsp3) is 0.938. The van der Waals surface area contributed by atoms with Crippen molar-refractivity contribution in [1.29, 1.82) is 0 Å². The Morgan fingerprint density at radius 1 is 1.05 bits per heavy atom. The van der Waals surface area contributed by atoms with E-state index in [9.17, 15) is 0 Å². The minimum absolute atomic E-state index is 0. The molecule has 0 atom stereocenters. The Bertz CT molecular complexity index is 269. The van der Waals surface area contributed by atoms with Gasteiger partial charge in [-0.05, 0) is 45.7 Å². The molecule has 0 aliphatic carbocycles. The summed E-state index contributed by atoms with van der Waals surface area (Å²) in [5.41, 5.74) is 0. The van der Waals surface area contributed by atoms with Gasteiger partial charge in [0.05, 0.1) is 0 Å². The van der Waals surface area contributed by atoms with E-state index in [-0.39, 0.29) is 24.0 Å². The predicted molar refractivity (Wildman–Crippen MR) is 105 cm³/mol. The van der Waals surface area contributed by atoms with Gasteiger partial charge in [0.15, 0.2) is 5.96 Å². The second-order valence-electron chi connectivity index (χ2n) is 5.59. The molecule has 0 radical (unpaired) electrons. The number of rotatable bonds is 9. The fourth-order valence-electron chi connectivity index (χ4n) is 2.59. The normalized spacial score (nSPS) is 16.7. The zero-order valence-electron chi connectivity index (χ0n) is 14.4. The van der Waals surface area contributed by atoms with Crippen LogP contribution in [0.5, 0.6) is 0 Å². The van der Waals surface area contributed by atoms with Gasteiger partial charge in [-0.3, -0.25) is 4.99 Å². The molecule has 0 aromatic heterocycles. The fourth-order valence-corrected chi connectivity index (χ4v) is 2.59. The highest BCUT2D eigenvalue weighted by molar-refractivity contribution is 14.0. The molecule has 0 saturated carbocycles. The van der Waals surface area contributed by atoms with Crippen LogP contribution < -0.4 is 10.6 Å². The van der Waals surface area contributed by atoms with E-state index in [0.717, 1.165) is 51.6 Å². The number of likely N-dealkylation sites (tertiary alicyclic amines) is 1. The van der Waals surface area contributed by atoms with Gasteiger partial charge >= 0.3 is 0 Å². The number of hydrogen-bond donors (Lipinski definition) is 2. The average Bonchev–Trinajstić information content (AvgIpc) is 2.77. The van der Waals surface area contributed by atoms with Gasteiger partial charge in [0.1, 0.15) is 0 Å². The highest BCUT2D eigenvalue weighted by Crippen LogP contribution is 2.08. The van der Waals surface area contributed by atoms with Gasteiger partial charge in [0.2, 0.25) is 0 Å². The molecule has 22 heavy (non-hydrogen) atoms. The molecule has 6 heteroatoms. The zero-order valence-corrected chi connectivity index (χ0v) is 16.7. The summed E-state index contributed by atoms with van der Waals surface area (Å²) in [6.45, 7) is 9.26. The molecule has 132 valence electrons. The number of hydrogen-bond acceptors (Lipinski definition) is 3. The Hall–Kier alpha value is -0.0800. The summed E-state index contributed by atoms with van der Waals surface area (Å²) in [5, 5.41) is 6.77. The van der Waals surface area contributed by atoms with Crippen LogP contribution in [0.4, 0.5) is 0 Å². The van der Waals surface area contributed by atoms with Crippen LogP contribution in [0.1, 0.15) is 45.4 Å². The Morgan fingerprint density at radius 2 is 1.73 bits per heavy atom. The number of nitrogens with zero attached hydrogens (tertiary/aromatic N) is 2. The summed E-state index contributed by atoms with van der Waals surface area (Å²) in [6, 6.07) is 0. The third-order valence-corrected chi connectivity index (χ3v) is 3.85. The number of ether oxygens (including phenoxy) is 1. The number of guanidine groups is 1. The lowest BCUT2D eigenvalue weighted by Crippen LogP contribution is -2.42. The molecule has 0 amide bonds. The molecule has 1 aliphatic rings. The molecular weight excluding hydrogens is 391 g/mol. The highest BCUT2D eigenvalue weighted by atomic mass is 127. The van der Waals surface area contributed by atoms with E-state index in [4.69, 9.17) is 4.74 Å². The largest absolute Gasteiger partial charge is 0.382 e. The first-order chi connectivity index (χ1) is 10.4. The average molecular weight is 426 g/mol. The standard InChI is InChI=1S/C16H34N4O.HI/c1-3-21-15-9-6-10-18-16(17-2)19-11-14-20-12-7-4-5-8-13-20;/h3-15H2,1-2H3,(H2,17,18,19);1H. The molecule has 5 nitrogen and oxygen atoms in total. The lowest BCUT2D eigenvalue weighted by Gasteiger charge is -2.20. The maximum absolute atomic E-state index is 5.33. The van der Waals surface area contributed by atoms with Gasteiger partial charge in [-0.25, -0.2) is 0 Å². The van der Waals surface area contributed by atoms with Crippen molar-refractivity contribution >= 4 is 29.9 Å². The number of halogens is 1. The summed E-state index contributed by atoms with van der Waals surface area (Å²) >= 11 is 0. The van der Waals surface area contributed by atoms with E-state index in [1.807, 2.05) is 14.0 Å². The van der Waals surface area contributed by atoms with Crippen molar-refractivity contribution in [3.8, 4) is 0 Å². The first-order valence-electron chi connectivity index (χ1n) is 8.61. The summed E-state index contributed by atoms with van der Waals surface area (Å²) in [5.74, 6) is 0.918. The van der Waals surface area contributed by atoms with Crippen LogP contribution in [0, 0.1) is 0 Å². The van der Waals surface area contributed by atoms with Gasteiger partial charge in [0, 0.05) is 39.9 Å². The lowest BCUT2D eigenvalue weighted by atomic mass is 10.2. The molecule has 0 spiro atoms. The first-order valence-corrected chi connectivity index (χ1v) is 8.61. The Morgan fingerprint density at radius 3 is 2.36 bits per heavy atom. The third-order valence-electron chi connectivity index (χ3n) is 3.85. The van der Waals surface area contributed by atoms with E-state index in [1.54, 1.807) is 0 Å². The van der Waals surface area contributed by atoms with E-state index < -0.39 is 0 Å².